The second kappa shape index (κ2) is 1.32. The van der Waals surface area contributed by atoms with Gasteiger partial charge >= 0.3 is 0 Å². The first-order valence-corrected chi connectivity index (χ1v) is 3.12. The highest BCUT2D eigenvalue weighted by Crippen LogP contribution is 2.31. The van der Waals surface area contributed by atoms with Crippen molar-refractivity contribution in [1.82, 2.24) is 5.32 Å². The molecule has 2 saturated heterocycles. The van der Waals surface area contributed by atoms with Gasteiger partial charge in [-0.05, 0) is 6.42 Å². The van der Waals surface area contributed by atoms with E-state index in [9.17, 15) is 4.79 Å². The van der Waals surface area contributed by atoms with E-state index >= 15 is 0 Å². The third-order valence-corrected chi connectivity index (χ3v) is 2.16. The van der Waals surface area contributed by atoms with E-state index in [0.29, 0.717) is 17.6 Å². The van der Waals surface area contributed by atoms with Gasteiger partial charge in [0.1, 0.15) is 5.78 Å². The number of carbonyl (C=O) groups excluding carboxylic acids is 1. The average molecular weight is 111 g/mol. The van der Waals surface area contributed by atoms with Crippen LogP contribution in [0.25, 0.3) is 0 Å². The monoisotopic (exact) mass is 111 g/mol. The molecule has 8 heavy (non-hydrogen) atoms. The number of hydrogen-bond donors (Lipinski definition) is 1. The molecule has 2 atom stereocenters. The normalized spacial score (nSPS) is 43.8. The Labute approximate surface area is 48.3 Å². The Morgan fingerprint density at radius 3 is 2.25 bits per heavy atom. The minimum absolute atomic E-state index is 0.397. The van der Waals surface area contributed by atoms with Gasteiger partial charge in [0.2, 0.25) is 0 Å². The van der Waals surface area contributed by atoms with E-state index in [4.69, 9.17) is 0 Å². The molecule has 3 rings (SSSR count). The molecule has 2 aliphatic heterocycles. The lowest BCUT2D eigenvalue weighted by atomic mass is 9.71. The highest BCUT2D eigenvalue weighted by Gasteiger charge is 2.41. The SMILES string of the molecule is O=C1[C@@H]2CNC[C@@H]1C2. The predicted molar refractivity (Wildman–Crippen MR) is 29.5 cm³/mol. The quantitative estimate of drug-likeness (QED) is 0.469. The molecule has 0 unspecified atom stereocenters. The molecule has 44 valence electrons. The van der Waals surface area contributed by atoms with Crippen molar-refractivity contribution in [3.05, 3.63) is 0 Å². The lowest BCUT2D eigenvalue weighted by Crippen LogP contribution is -2.53. The van der Waals surface area contributed by atoms with Crippen molar-refractivity contribution in [2.45, 2.75) is 6.42 Å². The van der Waals surface area contributed by atoms with Gasteiger partial charge in [0, 0.05) is 24.9 Å². The minimum atomic E-state index is 0.397. The number of Topliss-reactive ketones (excluding diaryl/α,β-unsaturated/α-hetero) is 1. The van der Waals surface area contributed by atoms with E-state index in [1.54, 1.807) is 0 Å². The summed E-state index contributed by atoms with van der Waals surface area (Å²) < 4.78 is 0. The standard InChI is InChI=1S/C6H9NO/c8-6-4-1-5(6)3-7-2-4/h4-5,7H,1-3H2/t4-,5-/m0/s1. The lowest BCUT2D eigenvalue weighted by molar-refractivity contribution is -0.137. The summed E-state index contributed by atoms with van der Waals surface area (Å²) in [5.41, 5.74) is 0. The second-order valence-electron chi connectivity index (χ2n) is 2.69. The molecule has 0 aromatic heterocycles. The van der Waals surface area contributed by atoms with Crippen LogP contribution in [0.5, 0.6) is 0 Å². The molecule has 2 bridgehead atoms. The largest absolute Gasteiger partial charge is 0.315 e. The summed E-state index contributed by atoms with van der Waals surface area (Å²) in [4.78, 5) is 10.8. The van der Waals surface area contributed by atoms with Crippen molar-refractivity contribution < 1.29 is 4.79 Å². The molecule has 0 spiro atoms. The zero-order valence-electron chi connectivity index (χ0n) is 4.68. The van der Waals surface area contributed by atoms with Gasteiger partial charge < -0.3 is 5.32 Å². The number of piperidine rings is 2. The Bertz CT molecular complexity index is 116. The Morgan fingerprint density at radius 2 is 2.00 bits per heavy atom. The van der Waals surface area contributed by atoms with Crippen molar-refractivity contribution >= 4 is 5.78 Å². The summed E-state index contributed by atoms with van der Waals surface area (Å²) in [6.45, 7) is 1.88. The molecule has 1 saturated carbocycles. The van der Waals surface area contributed by atoms with Gasteiger partial charge in [-0.15, -0.1) is 0 Å². The van der Waals surface area contributed by atoms with Gasteiger partial charge in [0.15, 0.2) is 0 Å². The fraction of sp³-hybridized carbons (Fsp3) is 0.833. The maximum absolute atomic E-state index is 10.8. The van der Waals surface area contributed by atoms with Crippen molar-refractivity contribution in [3.63, 3.8) is 0 Å². The zero-order valence-corrected chi connectivity index (χ0v) is 4.68. The number of hydrogen-bond acceptors (Lipinski definition) is 2. The Balaban J connectivity index is 2.13. The van der Waals surface area contributed by atoms with Gasteiger partial charge in [0.25, 0.3) is 0 Å². The van der Waals surface area contributed by atoms with E-state index in [1.165, 1.54) is 0 Å². The van der Waals surface area contributed by atoms with E-state index in [1.807, 2.05) is 0 Å². The summed E-state index contributed by atoms with van der Waals surface area (Å²) in [6.07, 6.45) is 1.16. The molecule has 1 N–H and O–H groups in total. The summed E-state index contributed by atoms with van der Waals surface area (Å²) in [6, 6.07) is 0. The predicted octanol–water partition coefficient (Wildman–Crippen LogP) is -0.205. The molecule has 2 heterocycles. The molecule has 2 nitrogen and oxygen atoms in total. The first-order chi connectivity index (χ1) is 3.88. The van der Waals surface area contributed by atoms with Crippen molar-refractivity contribution in [1.29, 1.82) is 0 Å². The maximum Gasteiger partial charge on any atom is 0.141 e. The molecule has 1 aliphatic carbocycles. The first-order valence-electron chi connectivity index (χ1n) is 3.12. The topological polar surface area (TPSA) is 29.1 Å². The van der Waals surface area contributed by atoms with Crippen LogP contribution >= 0.6 is 0 Å². The molecule has 3 aliphatic rings. The minimum Gasteiger partial charge on any atom is -0.315 e. The van der Waals surface area contributed by atoms with E-state index in [0.717, 1.165) is 19.5 Å². The third kappa shape index (κ3) is 0.388. The van der Waals surface area contributed by atoms with Gasteiger partial charge in [-0.3, -0.25) is 4.79 Å². The number of fused-ring (bicyclic) bond motifs is 2. The summed E-state index contributed by atoms with van der Waals surface area (Å²) in [7, 11) is 0. The summed E-state index contributed by atoms with van der Waals surface area (Å²) in [5.74, 6) is 1.30. The average Bonchev–Trinajstić information content (AvgIpc) is 1.89. The van der Waals surface area contributed by atoms with Crippen LogP contribution in [0.15, 0.2) is 0 Å². The van der Waals surface area contributed by atoms with Crippen molar-refractivity contribution in [3.8, 4) is 0 Å². The highest BCUT2D eigenvalue weighted by molar-refractivity contribution is 5.90. The van der Waals surface area contributed by atoms with Gasteiger partial charge in [0.05, 0.1) is 0 Å². The Morgan fingerprint density at radius 1 is 1.38 bits per heavy atom. The fourth-order valence-corrected chi connectivity index (χ4v) is 1.55. The van der Waals surface area contributed by atoms with Crippen LogP contribution in [0, 0.1) is 11.8 Å². The molecule has 3 fully saturated rings. The van der Waals surface area contributed by atoms with E-state index in [-0.39, 0.29) is 0 Å². The third-order valence-electron chi connectivity index (χ3n) is 2.16. The highest BCUT2D eigenvalue weighted by atomic mass is 16.1. The van der Waals surface area contributed by atoms with Crippen LogP contribution in [0.4, 0.5) is 0 Å². The van der Waals surface area contributed by atoms with Crippen molar-refractivity contribution in [2.24, 2.45) is 11.8 Å². The van der Waals surface area contributed by atoms with Gasteiger partial charge in [-0.1, -0.05) is 0 Å². The first kappa shape index (κ1) is 4.50. The smallest absolute Gasteiger partial charge is 0.141 e. The van der Waals surface area contributed by atoms with Crippen LogP contribution in [-0.4, -0.2) is 18.9 Å². The van der Waals surface area contributed by atoms with Gasteiger partial charge in [-0.25, -0.2) is 0 Å². The fourth-order valence-electron chi connectivity index (χ4n) is 1.55. The van der Waals surface area contributed by atoms with Crippen LogP contribution in [-0.2, 0) is 4.79 Å². The Kier molecular flexibility index (Phi) is 0.742. The second-order valence-corrected chi connectivity index (χ2v) is 2.69. The molecular formula is C6H9NO. The van der Waals surface area contributed by atoms with Crippen molar-refractivity contribution in [2.75, 3.05) is 13.1 Å². The van der Waals surface area contributed by atoms with Crippen LogP contribution in [0.3, 0.4) is 0 Å². The lowest BCUT2D eigenvalue weighted by Gasteiger charge is -2.39. The molecule has 0 aromatic carbocycles. The summed E-state index contributed by atoms with van der Waals surface area (Å²) >= 11 is 0. The van der Waals surface area contributed by atoms with Crippen LogP contribution in [0.1, 0.15) is 6.42 Å². The number of nitrogens with one attached hydrogen (secondary N) is 1. The molecular weight excluding hydrogens is 102 g/mol. The van der Waals surface area contributed by atoms with Crippen LogP contribution < -0.4 is 5.32 Å². The maximum atomic E-state index is 10.8. The van der Waals surface area contributed by atoms with Gasteiger partial charge in [-0.2, -0.15) is 0 Å². The molecule has 0 aromatic rings. The molecule has 0 radical (unpaired) electrons. The van der Waals surface area contributed by atoms with E-state index in [2.05, 4.69) is 5.32 Å². The number of ketones is 1. The number of carbonyl (C=O) groups is 1. The van der Waals surface area contributed by atoms with Crippen LogP contribution in [0.2, 0.25) is 0 Å². The zero-order chi connectivity index (χ0) is 5.56. The molecule has 0 amide bonds. The van der Waals surface area contributed by atoms with E-state index < -0.39 is 0 Å². The molecule has 2 heteroatoms. The number of rotatable bonds is 0. The Hall–Kier alpha value is -0.370. The summed E-state index contributed by atoms with van der Waals surface area (Å²) in [5, 5.41) is 3.19.